The molecule has 2 atom stereocenters. The van der Waals surface area contributed by atoms with E-state index >= 15 is 0 Å². The molecule has 6 nitrogen and oxygen atoms in total. The number of nitro groups is 1. The van der Waals surface area contributed by atoms with Crippen molar-refractivity contribution in [3.05, 3.63) is 34.1 Å². The van der Waals surface area contributed by atoms with Gasteiger partial charge < -0.3 is 10.0 Å². The Balaban J connectivity index is 2.18. The molecule has 1 fully saturated rings. The maximum atomic E-state index is 13.2. The zero-order valence-corrected chi connectivity index (χ0v) is 12.2. The number of nitro benzene ring substituents is 1. The average Bonchev–Trinajstić information content (AvgIpc) is 2.38. The number of β-amino-alcohol motifs (C(OH)–C–C–N with tert-alkyl or cyclic N) is 1. The maximum absolute atomic E-state index is 13.2. The smallest absolute Gasteiger partial charge is 0.295 e. The van der Waals surface area contributed by atoms with Crippen LogP contribution in [-0.4, -0.2) is 53.3 Å². The molecule has 1 N–H and O–H groups in total. The van der Waals surface area contributed by atoms with Crippen LogP contribution in [0.2, 0.25) is 0 Å². The summed E-state index contributed by atoms with van der Waals surface area (Å²) in [6.45, 7) is 6.33. The fourth-order valence-electron chi connectivity index (χ4n) is 2.82. The lowest BCUT2D eigenvalue weighted by Crippen LogP contribution is -2.53. The highest BCUT2D eigenvalue weighted by atomic mass is 19.1. The fourth-order valence-corrected chi connectivity index (χ4v) is 2.82. The quantitative estimate of drug-likeness (QED) is 0.675. The summed E-state index contributed by atoms with van der Waals surface area (Å²) in [4.78, 5) is 14.6. The molecule has 1 saturated heterocycles. The Bertz CT molecular complexity index is 524. The third-order valence-corrected chi connectivity index (χ3v) is 3.68. The zero-order chi connectivity index (χ0) is 15.6. The molecular formula is C14H20FN3O3. The number of anilines is 1. The first-order valence-electron chi connectivity index (χ1n) is 6.99. The van der Waals surface area contributed by atoms with Gasteiger partial charge in [-0.1, -0.05) is 0 Å². The van der Waals surface area contributed by atoms with Gasteiger partial charge in [-0.25, -0.2) is 4.39 Å². The van der Waals surface area contributed by atoms with Crippen molar-refractivity contribution in [1.82, 2.24) is 4.90 Å². The number of halogens is 1. The van der Waals surface area contributed by atoms with E-state index in [0.29, 0.717) is 31.9 Å². The number of aliphatic hydroxyl groups excluding tert-OH is 1. The second-order valence-electron chi connectivity index (χ2n) is 5.54. The number of aliphatic hydroxyl groups is 1. The van der Waals surface area contributed by atoms with Crippen LogP contribution >= 0.6 is 0 Å². The van der Waals surface area contributed by atoms with Gasteiger partial charge in [0.05, 0.1) is 17.1 Å². The minimum Gasteiger partial charge on any atom is -0.392 e. The molecule has 1 aromatic rings. The van der Waals surface area contributed by atoms with Crippen molar-refractivity contribution in [3.8, 4) is 0 Å². The third kappa shape index (κ3) is 3.68. The van der Waals surface area contributed by atoms with Crippen LogP contribution in [-0.2, 0) is 0 Å². The van der Waals surface area contributed by atoms with Crippen molar-refractivity contribution < 1.29 is 14.4 Å². The first-order valence-corrected chi connectivity index (χ1v) is 6.99. The van der Waals surface area contributed by atoms with Gasteiger partial charge in [0.1, 0.15) is 11.5 Å². The van der Waals surface area contributed by atoms with Crippen LogP contribution < -0.4 is 4.90 Å². The SMILES string of the molecule is CC(O)CN1CCN(c2ccc(F)cc2[N+](=O)[O-])C(C)C1. The predicted molar refractivity (Wildman–Crippen MR) is 78.0 cm³/mol. The van der Waals surface area contributed by atoms with E-state index in [1.807, 2.05) is 11.8 Å². The summed E-state index contributed by atoms with van der Waals surface area (Å²) < 4.78 is 13.2. The molecule has 0 aliphatic carbocycles. The van der Waals surface area contributed by atoms with Crippen LogP contribution in [0.15, 0.2) is 18.2 Å². The molecule has 0 radical (unpaired) electrons. The van der Waals surface area contributed by atoms with Gasteiger partial charge in [-0.05, 0) is 26.0 Å². The van der Waals surface area contributed by atoms with Crippen LogP contribution in [0.5, 0.6) is 0 Å². The molecule has 2 rings (SSSR count). The summed E-state index contributed by atoms with van der Waals surface area (Å²) >= 11 is 0. The summed E-state index contributed by atoms with van der Waals surface area (Å²) in [5, 5.41) is 20.5. The van der Waals surface area contributed by atoms with Gasteiger partial charge in [0.25, 0.3) is 5.69 Å². The summed E-state index contributed by atoms with van der Waals surface area (Å²) in [7, 11) is 0. The van der Waals surface area contributed by atoms with E-state index in [9.17, 15) is 19.6 Å². The van der Waals surface area contributed by atoms with E-state index in [0.717, 1.165) is 6.07 Å². The summed E-state index contributed by atoms with van der Waals surface area (Å²) in [6.07, 6.45) is -0.399. The van der Waals surface area contributed by atoms with Crippen LogP contribution in [0, 0.1) is 15.9 Å². The van der Waals surface area contributed by atoms with Gasteiger partial charge in [0.2, 0.25) is 0 Å². The highest BCUT2D eigenvalue weighted by molar-refractivity contribution is 5.64. The topological polar surface area (TPSA) is 69.8 Å². The summed E-state index contributed by atoms with van der Waals surface area (Å²) in [6, 6.07) is 3.73. The highest BCUT2D eigenvalue weighted by Crippen LogP contribution is 2.31. The predicted octanol–water partition coefficient (Wildman–Crippen LogP) is 1.63. The van der Waals surface area contributed by atoms with E-state index in [1.165, 1.54) is 12.1 Å². The first kappa shape index (κ1) is 15.7. The van der Waals surface area contributed by atoms with Gasteiger partial charge in [0, 0.05) is 32.2 Å². The molecule has 7 heteroatoms. The first-order chi connectivity index (χ1) is 9.88. The van der Waals surface area contributed by atoms with Gasteiger partial charge in [-0.3, -0.25) is 15.0 Å². The van der Waals surface area contributed by atoms with Crippen molar-refractivity contribution in [1.29, 1.82) is 0 Å². The molecule has 0 amide bonds. The zero-order valence-electron chi connectivity index (χ0n) is 12.2. The Morgan fingerprint density at radius 3 is 2.81 bits per heavy atom. The normalized spacial score (nSPS) is 21.3. The Labute approximate surface area is 122 Å². The average molecular weight is 297 g/mol. The summed E-state index contributed by atoms with van der Waals surface area (Å²) in [5.41, 5.74) is 0.247. The Kier molecular flexibility index (Phi) is 4.74. The second-order valence-corrected chi connectivity index (χ2v) is 5.54. The molecular weight excluding hydrogens is 277 g/mol. The highest BCUT2D eigenvalue weighted by Gasteiger charge is 2.29. The molecule has 0 spiro atoms. The van der Waals surface area contributed by atoms with Crippen LogP contribution in [0.1, 0.15) is 13.8 Å². The number of benzene rings is 1. The minimum atomic E-state index is -0.606. The standard InChI is InChI=1S/C14H20FN3O3/c1-10-8-16(9-11(2)19)5-6-17(10)13-4-3-12(15)7-14(13)18(20)21/h3-4,7,10-11,19H,5-6,8-9H2,1-2H3. The lowest BCUT2D eigenvalue weighted by molar-refractivity contribution is -0.384. The van der Waals surface area contributed by atoms with Crippen LogP contribution in [0.3, 0.4) is 0 Å². The van der Waals surface area contributed by atoms with E-state index in [2.05, 4.69) is 4.90 Å². The van der Waals surface area contributed by atoms with Crippen LogP contribution in [0.25, 0.3) is 0 Å². The fraction of sp³-hybridized carbons (Fsp3) is 0.571. The Morgan fingerprint density at radius 1 is 1.52 bits per heavy atom. The van der Waals surface area contributed by atoms with Crippen molar-refractivity contribution in [3.63, 3.8) is 0 Å². The van der Waals surface area contributed by atoms with Crippen molar-refractivity contribution in [2.45, 2.75) is 26.0 Å². The molecule has 1 aromatic carbocycles. The minimum absolute atomic E-state index is 0.0571. The number of rotatable bonds is 4. The Morgan fingerprint density at radius 2 is 2.24 bits per heavy atom. The van der Waals surface area contributed by atoms with Crippen molar-refractivity contribution in [2.24, 2.45) is 0 Å². The molecule has 1 heterocycles. The molecule has 0 saturated carbocycles. The number of hydrogen-bond donors (Lipinski definition) is 1. The van der Waals surface area contributed by atoms with Gasteiger partial charge in [0.15, 0.2) is 0 Å². The molecule has 21 heavy (non-hydrogen) atoms. The van der Waals surface area contributed by atoms with Gasteiger partial charge >= 0.3 is 0 Å². The van der Waals surface area contributed by atoms with E-state index < -0.39 is 16.8 Å². The molecule has 1 aliphatic rings. The molecule has 0 bridgehead atoms. The molecule has 116 valence electrons. The second kappa shape index (κ2) is 6.36. The molecule has 0 aromatic heterocycles. The van der Waals surface area contributed by atoms with Gasteiger partial charge in [-0.15, -0.1) is 0 Å². The largest absolute Gasteiger partial charge is 0.392 e. The Hall–Kier alpha value is -1.73. The number of nitrogens with zero attached hydrogens (tertiary/aromatic N) is 3. The lowest BCUT2D eigenvalue weighted by Gasteiger charge is -2.41. The van der Waals surface area contributed by atoms with Crippen molar-refractivity contribution >= 4 is 11.4 Å². The third-order valence-electron chi connectivity index (χ3n) is 3.68. The lowest BCUT2D eigenvalue weighted by atomic mass is 10.1. The summed E-state index contributed by atoms with van der Waals surface area (Å²) in [5.74, 6) is -0.606. The maximum Gasteiger partial charge on any atom is 0.295 e. The molecule has 2 unspecified atom stereocenters. The van der Waals surface area contributed by atoms with E-state index in [1.54, 1.807) is 6.92 Å². The number of hydrogen-bond acceptors (Lipinski definition) is 5. The monoisotopic (exact) mass is 297 g/mol. The van der Waals surface area contributed by atoms with Gasteiger partial charge in [-0.2, -0.15) is 0 Å². The molecule has 1 aliphatic heterocycles. The van der Waals surface area contributed by atoms with E-state index in [-0.39, 0.29) is 11.7 Å². The number of piperazine rings is 1. The van der Waals surface area contributed by atoms with E-state index in [4.69, 9.17) is 0 Å². The van der Waals surface area contributed by atoms with Crippen LogP contribution in [0.4, 0.5) is 15.8 Å². The van der Waals surface area contributed by atoms with Crippen molar-refractivity contribution in [2.75, 3.05) is 31.1 Å².